The lowest BCUT2D eigenvalue weighted by molar-refractivity contribution is 0.524. The standard InChI is InChI=1S/C16H15Cl3N2/c17-13-3-2-10(8-14(13)18)21-6-5-11-12(16(21)19)7-9-1-4-15(11)20-9/h2-3,5-6,8-9,15-16,20H,1,4,7H2. The second kappa shape index (κ2) is 5.20. The van der Waals surface area contributed by atoms with Crippen molar-refractivity contribution in [3.05, 3.63) is 51.7 Å². The van der Waals surface area contributed by atoms with Crippen LogP contribution in [0.5, 0.6) is 0 Å². The van der Waals surface area contributed by atoms with E-state index in [-0.39, 0.29) is 5.50 Å². The van der Waals surface area contributed by atoms with Gasteiger partial charge in [0.25, 0.3) is 0 Å². The van der Waals surface area contributed by atoms with Crippen molar-refractivity contribution >= 4 is 40.5 Å². The topological polar surface area (TPSA) is 15.3 Å². The average molecular weight is 342 g/mol. The maximum Gasteiger partial charge on any atom is 0.130 e. The number of hydrogen-bond acceptors (Lipinski definition) is 2. The zero-order valence-corrected chi connectivity index (χ0v) is 13.6. The van der Waals surface area contributed by atoms with Gasteiger partial charge in [0.15, 0.2) is 0 Å². The highest BCUT2D eigenvalue weighted by molar-refractivity contribution is 6.42. The van der Waals surface area contributed by atoms with Crippen LogP contribution in [0.25, 0.3) is 0 Å². The molecule has 5 heteroatoms. The fourth-order valence-corrected chi connectivity index (χ4v) is 4.24. The summed E-state index contributed by atoms with van der Waals surface area (Å²) in [5, 5.41) is 4.77. The summed E-state index contributed by atoms with van der Waals surface area (Å²) >= 11 is 18.9. The lowest BCUT2D eigenvalue weighted by Gasteiger charge is -2.37. The summed E-state index contributed by atoms with van der Waals surface area (Å²) in [5.74, 6) is 0. The molecule has 0 saturated carbocycles. The third-order valence-electron chi connectivity index (χ3n) is 4.60. The molecule has 4 rings (SSSR count). The van der Waals surface area contributed by atoms with Crippen LogP contribution >= 0.6 is 34.8 Å². The van der Waals surface area contributed by atoms with E-state index in [0.29, 0.717) is 22.1 Å². The van der Waals surface area contributed by atoms with Gasteiger partial charge in [-0.3, -0.25) is 0 Å². The molecule has 1 N–H and O–H groups in total. The number of benzene rings is 1. The summed E-state index contributed by atoms with van der Waals surface area (Å²) in [4.78, 5) is 2.06. The third-order valence-corrected chi connectivity index (χ3v) is 5.81. The van der Waals surface area contributed by atoms with Crippen molar-refractivity contribution in [1.82, 2.24) is 5.32 Å². The Hall–Kier alpha value is -0.670. The Labute approximate surface area is 139 Å². The van der Waals surface area contributed by atoms with Gasteiger partial charge >= 0.3 is 0 Å². The van der Waals surface area contributed by atoms with Crippen LogP contribution in [0.1, 0.15) is 19.3 Å². The molecule has 3 aliphatic heterocycles. The second-order valence-electron chi connectivity index (χ2n) is 5.84. The molecule has 3 heterocycles. The van der Waals surface area contributed by atoms with Crippen molar-refractivity contribution in [2.24, 2.45) is 0 Å². The third kappa shape index (κ3) is 2.29. The number of nitrogens with zero attached hydrogens (tertiary/aromatic N) is 1. The van der Waals surface area contributed by atoms with Crippen molar-refractivity contribution in [2.45, 2.75) is 36.8 Å². The largest absolute Gasteiger partial charge is 0.327 e. The summed E-state index contributed by atoms with van der Waals surface area (Å²) in [6.45, 7) is 0. The van der Waals surface area contributed by atoms with E-state index in [2.05, 4.69) is 22.5 Å². The van der Waals surface area contributed by atoms with E-state index in [0.717, 1.165) is 12.1 Å². The minimum atomic E-state index is -0.146. The molecule has 1 aromatic rings. The number of nitrogens with one attached hydrogen (secondary N) is 1. The monoisotopic (exact) mass is 340 g/mol. The molecule has 0 amide bonds. The minimum absolute atomic E-state index is 0.146. The van der Waals surface area contributed by atoms with Crippen LogP contribution in [0.3, 0.4) is 0 Å². The Balaban J connectivity index is 1.68. The Kier molecular flexibility index (Phi) is 3.46. The van der Waals surface area contributed by atoms with Gasteiger partial charge in [-0.1, -0.05) is 34.8 Å². The Morgan fingerprint density at radius 2 is 2.00 bits per heavy atom. The molecule has 0 spiro atoms. The van der Waals surface area contributed by atoms with E-state index in [1.165, 1.54) is 24.0 Å². The van der Waals surface area contributed by atoms with Gasteiger partial charge in [0.2, 0.25) is 0 Å². The number of halogens is 3. The molecule has 1 aromatic carbocycles. The maximum absolute atomic E-state index is 6.75. The highest BCUT2D eigenvalue weighted by atomic mass is 35.5. The SMILES string of the molecule is Clc1ccc(N2C=CC3=C(CC4CCC3N4)C2Cl)cc1Cl. The molecule has 0 aliphatic carbocycles. The van der Waals surface area contributed by atoms with Crippen LogP contribution in [0.4, 0.5) is 5.69 Å². The van der Waals surface area contributed by atoms with Crippen LogP contribution in [0.15, 0.2) is 41.6 Å². The zero-order chi connectivity index (χ0) is 14.6. The summed E-state index contributed by atoms with van der Waals surface area (Å²) in [5.41, 5.74) is 3.54. The fraction of sp³-hybridized carbons (Fsp3) is 0.375. The molecule has 0 radical (unpaired) electrons. The Morgan fingerprint density at radius 1 is 1.14 bits per heavy atom. The first-order chi connectivity index (χ1) is 10.1. The highest BCUT2D eigenvalue weighted by Crippen LogP contribution is 2.41. The number of rotatable bonds is 1. The fourth-order valence-electron chi connectivity index (χ4n) is 3.56. The molecule has 21 heavy (non-hydrogen) atoms. The van der Waals surface area contributed by atoms with E-state index < -0.39 is 0 Å². The number of anilines is 1. The summed E-state index contributed by atoms with van der Waals surface area (Å²) < 4.78 is 0. The molecule has 0 aromatic heterocycles. The first kappa shape index (κ1) is 14.0. The molecule has 2 nitrogen and oxygen atoms in total. The lowest BCUT2D eigenvalue weighted by atomic mass is 9.92. The van der Waals surface area contributed by atoms with Crippen molar-refractivity contribution in [3.8, 4) is 0 Å². The highest BCUT2D eigenvalue weighted by Gasteiger charge is 2.38. The Morgan fingerprint density at radius 3 is 2.81 bits per heavy atom. The molecule has 3 unspecified atom stereocenters. The maximum atomic E-state index is 6.75. The van der Waals surface area contributed by atoms with Crippen molar-refractivity contribution in [2.75, 3.05) is 4.90 Å². The van der Waals surface area contributed by atoms with Crippen LogP contribution < -0.4 is 10.2 Å². The molecule has 3 aliphatic rings. The molecular weight excluding hydrogens is 327 g/mol. The van der Waals surface area contributed by atoms with Gasteiger partial charge in [0.1, 0.15) is 5.50 Å². The summed E-state index contributed by atoms with van der Waals surface area (Å²) in [6.07, 6.45) is 7.72. The molecule has 110 valence electrons. The van der Waals surface area contributed by atoms with Crippen molar-refractivity contribution in [3.63, 3.8) is 0 Å². The average Bonchev–Trinajstić information content (AvgIpc) is 2.86. The van der Waals surface area contributed by atoms with Crippen molar-refractivity contribution in [1.29, 1.82) is 0 Å². The van der Waals surface area contributed by atoms with Crippen molar-refractivity contribution < 1.29 is 0 Å². The normalized spacial score (nSPS) is 30.8. The molecule has 3 atom stereocenters. The van der Waals surface area contributed by atoms with Crippen LogP contribution in [0.2, 0.25) is 10.0 Å². The lowest BCUT2D eigenvalue weighted by Crippen LogP contribution is -2.42. The van der Waals surface area contributed by atoms with Gasteiger partial charge in [-0.25, -0.2) is 0 Å². The van der Waals surface area contributed by atoms with Gasteiger partial charge in [-0.15, -0.1) is 0 Å². The Bertz CT molecular complexity index is 653. The van der Waals surface area contributed by atoms with Gasteiger partial charge in [-0.05, 0) is 54.7 Å². The van der Waals surface area contributed by atoms with Gasteiger partial charge in [0, 0.05) is 24.0 Å². The van der Waals surface area contributed by atoms with Gasteiger partial charge < -0.3 is 10.2 Å². The van der Waals surface area contributed by atoms with Crippen LogP contribution in [-0.2, 0) is 0 Å². The van der Waals surface area contributed by atoms with Crippen LogP contribution in [-0.4, -0.2) is 17.6 Å². The van der Waals surface area contributed by atoms with E-state index in [1.807, 2.05) is 18.2 Å². The predicted octanol–water partition coefficient (Wildman–Crippen LogP) is 4.71. The molecule has 1 saturated heterocycles. The smallest absolute Gasteiger partial charge is 0.130 e. The van der Waals surface area contributed by atoms with E-state index in [4.69, 9.17) is 34.8 Å². The first-order valence-corrected chi connectivity index (χ1v) is 8.37. The van der Waals surface area contributed by atoms with E-state index in [1.54, 1.807) is 0 Å². The predicted molar refractivity (Wildman–Crippen MR) is 89.3 cm³/mol. The summed E-state index contributed by atoms with van der Waals surface area (Å²) in [6, 6.07) is 6.69. The van der Waals surface area contributed by atoms with Gasteiger partial charge in [-0.2, -0.15) is 0 Å². The number of fused-ring (bicyclic) bond motifs is 3. The minimum Gasteiger partial charge on any atom is -0.327 e. The molecule has 2 bridgehead atoms. The van der Waals surface area contributed by atoms with Gasteiger partial charge in [0.05, 0.1) is 10.0 Å². The molecular formula is C16H15Cl3N2. The quantitative estimate of drug-likeness (QED) is 0.587. The van der Waals surface area contributed by atoms with E-state index in [9.17, 15) is 0 Å². The first-order valence-electron chi connectivity index (χ1n) is 7.18. The summed E-state index contributed by atoms with van der Waals surface area (Å²) in [7, 11) is 0. The molecule has 1 fully saturated rings. The van der Waals surface area contributed by atoms with E-state index >= 15 is 0 Å². The second-order valence-corrected chi connectivity index (χ2v) is 7.06. The zero-order valence-electron chi connectivity index (χ0n) is 11.3. The number of hydrogen-bond donors (Lipinski definition) is 1. The number of alkyl halides is 1. The van der Waals surface area contributed by atoms with Crippen LogP contribution in [0, 0.1) is 0 Å².